The van der Waals surface area contributed by atoms with Gasteiger partial charge in [-0.25, -0.2) is 0 Å². The molecule has 158 valence electrons. The van der Waals surface area contributed by atoms with Crippen molar-refractivity contribution in [3.63, 3.8) is 0 Å². The van der Waals surface area contributed by atoms with Gasteiger partial charge < -0.3 is 14.7 Å². The maximum absolute atomic E-state index is 6.03. The molecule has 2 aliphatic heterocycles. The van der Waals surface area contributed by atoms with Crippen LogP contribution in [0.25, 0.3) is 11.4 Å². The SMILES string of the molecule is CN=C(NCCc1nc(-c2cccc(Cl)c2)no1)N1CCC(N2CCCC2)C1.I. The van der Waals surface area contributed by atoms with Crippen molar-refractivity contribution in [2.24, 2.45) is 4.99 Å². The summed E-state index contributed by atoms with van der Waals surface area (Å²) in [6.07, 6.45) is 4.54. The van der Waals surface area contributed by atoms with E-state index >= 15 is 0 Å². The van der Waals surface area contributed by atoms with Gasteiger partial charge in [0.1, 0.15) is 0 Å². The number of benzene rings is 1. The van der Waals surface area contributed by atoms with Crippen molar-refractivity contribution in [3.05, 3.63) is 35.2 Å². The van der Waals surface area contributed by atoms with E-state index in [1.54, 1.807) is 0 Å². The van der Waals surface area contributed by atoms with Crippen molar-refractivity contribution in [2.75, 3.05) is 39.8 Å². The quantitative estimate of drug-likeness (QED) is 0.363. The van der Waals surface area contributed by atoms with Crippen LogP contribution in [0.4, 0.5) is 0 Å². The van der Waals surface area contributed by atoms with Gasteiger partial charge in [-0.05, 0) is 44.5 Å². The minimum absolute atomic E-state index is 0. The number of hydrogen-bond acceptors (Lipinski definition) is 5. The van der Waals surface area contributed by atoms with E-state index in [-0.39, 0.29) is 24.0 Å². The summed E-state index contributed by atoms with van der Waals surface area (Å²) in [5, 5.41) is 8.16. The zero-order chi connectivity index (χ0) is 19.3. The largest absolute Gasteiger partial charge is 0.356 e. The van der Waals surface area contributed by atoms with E-state index in [2.05, 4.69) is 30.2 Å². The lowest BCUT2D eigenvalue weighted by molar-refractivity contribution is 0.249. The molecule has 0 saturated carbocycles. The molecule has 0 amide bonds. The Morgan fingerprint density at radius 1 is 1.31 bits per heavy atom. The lowest BCUT2D eigenvalue weighted by Crippen LogP contribution is -2.43. The first-order chi connectivity index (χ1) is 13.7. The van der Waals surface area contributed by atoms with Gasteiger partial charge >= 0.3 is 0 Å². The molecular weight excluding hydrogens is 503 g/mol. The molecule has 0 spiro atoms. The molecule has 7 nitrogen and oxygen atoms in total. The highest BCUT2D eigenvalue weighted by Gasteiger charge is 2.30. The van der Waals surface area contributed by atoms with Crippen LogP contribution in [0.2, 0.25) is 5.02 Å². The number of aromatic nitrogens is 2. The van der Waals surface area contributed by atoms with E-state index in [9.17, 15) is 0 Å². The fourth-order valence-corrected chi connectivity index (χ4v) is 4.24. The lowest BCUT2D eigenvalue weighted by Gasteiger charge is -2.25. The van der Waals surface area contributed by atoms with Crippen molar-refractivity contribution in [1.29, 1.82) is 0 Å². The van der Waals surface area contributed by atoms with Gasteiger partial charge in [0, 0.05) is 49.7 Å². The van der Waals surface area contributed by atoms with Crippen LogP contribution >= 0.6 is 35.6 Å². The summed E-state index contributed by atoms with van der Waals surface area (Å²) in [5.41, 5.74) is 0.858. The van der Waals surface area contributed by atoms with E-state index in [4.69, 9.17) is 16.1 Å². The molecule has 2 saturated heterocycles. The summed E-state index contributed by atoms with van der Waals surface area (Å²) < 4.78 is 5.38. The van der Waals surface area contributed by atoms with Crippen LogP contribution < -0.4 is 5.32 Å². The number of aliphatic imine (C=N–C) groups is 1. The summed E-state index contributed by atoms with van der Waals surface area (Å²) in [5.74, 6) is 2.13. The first-order valence-electron chi connectivity index (χ1n) is 10.0. The van der Waals surface area contributed by atoms with Gasteiger partial charge in [0.2, 0.25) is 11.7 Å². The smallest absolute Gasteiger partial charge is 0.228 e. The molecule has 0 aliphatic carbocycles. The highest BCUT2D eigenvalue weighted by molar-refractivity contribution is 14.0. The minimum atomic E-state index is 0. The Morgan fingerprint density at radius 3 is 2.90 bits per heavy atom. The number of guanidine groups is 1. The van der Waals surface area contributed by atoms with E-state index < -0.39 is 0 Å². The molecule has 1 atom stereocenters. The fourth-order valence-electron chi connectivity index (χ4n) is 4.05. The fraction of sp³-hybridized carbons (Fsp3) is 0.550. The maximum Gasteiger partial charge on any atom is 0.228 e. The van der Waals surface area contributed by atoms with Crippen LogP contribution in [0, 0.1) is 0 Å². The van der Waals surface area contributed by atoms with Gasteiger partial charge in [0.25, 0.3) is 0 Å². The molecule has 0 bridgehead atoms. The predicted molar refractivity (Wildman–Crippen MR) is 126 cm³/mol. The molecule has 29 heavy (non-hydrogen) atoms. The average molecular weight is 531 g/mol. The molecule has 1 aromatic heterocycles. The standard InChI is InChI=1S/C20H27ClN6O.HI/c1-22-20(27-12-8-17(14-27)26-10-2-3-11-26)23-9-7-18-24-19(25-28-18)15-5-4-6-16(21)13-15;/h4-6,13,17H,2-3,7-12,14H2,1H3,(H,22,23);1H. The van der Waals surface area contributed by atoms with Crippen LogP contribution in [0.1, 0.15) is 25.2 Å². The molecule has 9 heteroatoms. The Kier molecular flexibility index (Phi) is 8.14. The summed E-state index contributed by atoms with van der Waals surface area (Å²) in [4.78, 5) is 13.9. The highest BCUT2D eigenvalue weighted by atomic mass is 127. The van der Waals surface area contributed by atoms with Crippen LogP contribution in [0.5, 0.6) is 0 Å². The second-order valence-corrected chi connectivity index (χ2v) is 7.81. The van der Waals surface area contributed by atoms with E-state index in [0.717, 1.165) is 24.6 Å². The Hall–Kier alpha value is -1.39. The number of hydrogen-bond donors (Lipinski definition) is 1. The van der Waals surface area contributed by atoms with Crippen LogP contribution in [-0.2, 0) is 6.42 Å². The van der Waals surface area contributed by atoms with Gasteiger partial charge in [0.15, 0.2) is 5.96 Å². The summed E-state index contributed by atoms with van der Waals surface area (Å²) in [6.45, 7) is 5.31. The summed E-state index contributed by atoms with van der Waals surface area (Å²) in [6, 6.07) is 8.13. The number of rotatable bonds is 5. The van der Waals surface area contributed by atoms with Crippen LogP contribution in [0.15, 0.2) is 33.8 Å². The first-order valence-corrected chi connectivity index (χ1v) is 10.4. The molecule has 1 aromatic carbocycles. The van der Waals surface area contributed by atoms with Crippen molar-refractivity contribution >= 4 is 41.5 Å². The van der Waals surface area contributed by atoms with Crippen molar-refractivity contribution in [3.8, 4) is 11.4 Å². The van der Waals surface area contributed by atoms with E-state index in [0.29, 0.717) is 35.7 Å². The maximum atomic E-state index is 6.03. The van der Waals surface area contributed by atoms with Crippen LogP contribution in [0.3, 0.4) is 0 Å². The Bertz CT molecular complexity index is 823. The Morgan fingerprint density at radius 2 is 2.14 bits per heavy atom. The normalized spacial score (nSPS) is 20.1. The second-order valence-electron chi connectivity index (χ2n) is 7.38. The van der Waals surface area contributed by atoms with Gasteiger partial charge in [-0.1, -0.05) is 28.9 Å². The minimum Gasteiger partial charge on any atom is -0.356 e. The van der Waals surface area contributed by atoms with Crippen molar-refractivity contribution in [2.45, 2.75) is 31.7 Å². The number of nitrogens with one attached hydrogen (secondary N) is 1. The summed E-state index contributed by atoms with van der Waals surface area (Å²) >= 11 is 6.03. The summed E-state index contributed by atoms with van der Waals surface area (Å²) in [7, 11) is 1.84. The third kappa shape index (κ3) is 5.61. The van der Waals surface area contributed by atoms with Gasteiger partial charge in [0.05, 0.1) is 0 Å². The zero-order valence-electron chi connectivity index (χ0n) is 16.7. The lowest BCUT2D eigenvalue weighted by atomic mass is 10.2. The molecule has 4 rings (SSSR count). The first kappa shape index (κ1) is 22.3. The number of likely N-dealkylation sites (tertiary alicyclic amines) is 2. The van der Waals surface area contributed by atoms with Gasteiger partial charge in [-0.15, -0.1) is 24.0 Å². The second kappa shape index (κ2) is 10.6. The van der Waals surface area contributed by atoms with Crippen molar-refractivity contribution in [1.82, 2.24) is 25.3 Å². The molecule has 2 aromatic rings. The van der Waals surface area contributed by atoms with E-state index in [1.807, 2.05) is 31.3 Å². The third-order valence-corrected chi connectivity index (χ3v) is 5.74. The molecular formula is C20H28ClIN6O. The predicted octanol–water partition coefficient (Wildman–Crippen LogP) is 3.30. The third-order valence-electron chi connectivity index (χ3n) is 5.50. The molecule has 3 heterocycles. The average Bonchev–Trinajstić information content (AvgIpc) is 3.46. The molecule has 1 unspecified atom stereocenters. The number of halogens is 2. The molecule has 2 fully saturated rings. The topological polar surface area (TPSA) is 69.8 Å². The van der Waals surface area contributed by atoms with Crippen molar-refractivity contribution < 1.29 is 4.52 Å². The van der Waals surface area contributed by atoms with E-state index in [1.165, 1.54) is 32.4 Å². The highest BCUT2D eigenvalue weighted by Crippen LogP contribution is 2.21. The van der Waals surface area contributed by atoms with Crippen LogP contribution in [-0.4, -0.2) is 71.7 Å². The molecule has 2 aliphatic rings. The van der Waals surface area contributed by atoms with Gasteiger partial charge in [-0.2, -0.15) is 4.98 Å². The Labute approximate surface area is 193 Å². The Balaban J connectivity index is 0.00000240. The van der Waals surface area contributed by atoms with Gasteiger partial charge in [-0.3, -0.25) is 9.89 Å². The number of nitrogens with zero attached hydrogens (tertiary/aromatic N) is 5. The monoisotopic (exact) mass is 530 g/mol. The molecule has 0 radical (unpaired) electrons. The zero-order valence-corrected chi connectivity index (χ0v) is 19.8. The molecule has 1 N–H and O–H groups in total.